The highest BCUT2D eigenvalue weighted by molar-refractivity contribution is 5.81. The van der Waals surface area contributed by atoms with Crippen LogP contribution < -0.4 is 5.32 Å². The summed E-state index contributed by atoms with van der Waals surface area (Å²) in [7, 11) is 1.61. The van der Waals surface area contributed by atoms with Crippen LogP contribution in [0.3, 0.4) is 0 Å². The van der Waals surface area contributed by atoms with Crippen molar-refractivity contribution in [1.82, 2.24) is 10.2 Å². The zero-order valence-electron chi connectivity index (χ0n) is 12.4. The Morgan fingerprint density at radius 2 is 2.10 bits per heavy atom. The van der Waals surface area contributed by atoms with Crippen molar-refractivity contribution in [3.8, 4) is 6.07 Å². The van der Waals surface area contributed by atoms with Crippen molar-refractivity contribution in [2.75, 3.05) is 13.6 Å². The van der Waals surface area contributed by atoms with E-state index in [-0.39, 0.29) is 12.3 Å². The van der Waals surface area contributed by atoms with Gasteiger partial charge in [-0.2, -0.15) is 5.26 Å². The number of halogens is 2. The van der Waals surface area contributed by atoms with Crippen molar-refractivity contribution in [1.29, 1.82) is 5.26 Å². The second-order valence-corrected chi connectivity index (χ2v) is 4.94. The molecule has 1 aromatic rings. The summed E-state index contributed by atoms with van der Waals surface area (Å²) in [5.74, 6) is -1.46. The number of carbonyl (C=O) groups is 1. The SMILES string of the molecule is CC(NC(C)c1ccc(F)cc1F)C(=O)N(C)CCC#N. The van der Waals surface area contributed by atoms with Crippen LogP contribution in [0.4, 0.5) is 8.78 Å². The number of rotatable bonds is 6. The van der Waals surface area contributed by atoms with Gasteiger partial charge in [-0.3, -0.25) is 10.1 Å². The summed E-state index contributed by atoms with van der Waals surface area (Å²) in [4.78, 5) is 13.5. The molecule has 0 aromatic heterocycles. The average Bonchev–Trinajstić information content (AvgIpc) is 2.43. The molecular weight excluding hydrogens is 276 g/mol. The van der Waals surface area contributed by atoms with E-state index in [1.165, 1.54) is 17.0 Å². The lowest BCUT2D eigenvalue weighted by molar-refractivity contribution is -0.131. The van der Waals surface area contributed by atoms with Gasteiger partial charge in [-0.05, 0) is 19.9 Å². The Bertz CT molecular complexity index is 542. The van der Waals surface area contributed by atoms with E-state index in [0.717, 1.165) is 6.07 Å². The van der Waals surface area contributed by atoms with Crippen LogP contribution in [0.2, 0.25) is 0 Å². The number of likely N-dealkylation sites (N-methyl/N-ethyl adjacent to an activating group) is 1. The van der Waals surface area contributed by atoms with Crippen LogP contribution in [-0.4, -0.2) is 30.4 Å². The molecule has 1 amide bonds. The van der Waals surface area contributed by atoms with Crippen molar-refractivity contribution >= 4 is 5.91 Å². The van der Waals surface area contributed by atoms with Gasteiger partial charge in [0, 0.05) is 31.3 Å². The van der Waals surface area contributed by atoms with Crippen molar-refractivity contribution in [2.45, 2.75) is 32.4 Å². The van der Waals surface area contributed by atoms with Gasteiger partial charge in [-0.15, -0.1) is 0 Å². The zero-order chi connectivity index (χ0) is 16.0. The lowest BCUT2D eigenvalue weighted by Crippen LogP contribution is -2.44. The number of nitrogens with one attached hydrogen (secondary N) is 1. The van der Waals surface area contributed by atoms with Crippen molar-refractivity contribution < 1.29 is 13.6 Å². The number of nitriles is 1. The Morgan fingerprint density at radius 1 is 1.43 bits per heavy atom. The topological polar surface area (TPSA) is 56.1 Å². The molecule has 2 unspecified atom stereocenters. The maximum absolute atomic E-state index is 13.7. The van der Waals surface area contributed by atoms with E-state index in [0.29, 0.717) is 12.1 Å². The van der Waals surface area contributed by atoms with Gasteiger partial charge < -0.3 is 4.90 Å². The number of hydrogen-bond acceptors (Lipinski definition) is 3. The predicted molar refractivity (Wildman–Crippen MR) is 75.2 cm³/mol. The lowest BCUT2D eigenvalue weighted by Gasteiger charge is -2.24. The first-order valence-corrected chi connectivity index (χ1v) is 6.69. The molecule has 0 saturated heterocycles. The molecule has 1 N–H and O–H groups in total. The molecular formula is C15H19F2N3O. The monoisotopic (exact) mass is 295 g/mol. The molecule has 4 nitrogen and oxygen atoms in total. The van der Waals surface area contributed by atoms with Gasteiger partial charge >= 0.3 is 0 Å². The molecule has 0 spiro atoms. The van der Waals surface area contributed by atoms with Crippen LogP contribution in [-0.2, 0) is 4.79 Å². The molecule has 0 aliphatic heterocycles. The summed E-state index contributed by atoms with van der Waals surface area (Å²) in [6.45, 7) is 3.72. The number of amides is 1. The van der Waals surface area contributed by atoms with Crippen molar-refractivity contribution in [3.05, 3.63) is 35.4 Å². The van der Waals surface area contributed by atoms with Gasteiger partial charge in [0.05, 0.1) is 18.5 Å². The Kier molecular flexibility index (Phi) is 6.25. The molecule has 0 saturated carbocycles. The van der Waals surface area contributed by atoms with E-state index in [2.05, 4.69) is 5.32 Å². The van der Waals surface area contributed by atoms with Crippen LogP contribution in [0.1, 0.15) is 31.9 Å². The highest BCUT2D eigenvalue weighted by Crippen LogP contribution is 2.18. The fourth-order valence-corrected chi connectivity index (χ4v) is 2.05. The van der Waals surface area contributed by atoms with Crippen molar-refractivity contribution in [3.63, 3.8) is 0 Å². The normalized spacial score (nSPS) is 13.3. The quantitative estimate of drug-likeness (QED) is 0.876. The average molecular weight is 295 g/mol. The van der Waals surface area contributed by atoms with Gasteiger partial charge in [0.1, 0.15) is 11.6 Å². The standard InChI is InChI=1S/C15H19F2N3O/c1-10(13-6-5-12(16)9-14(13)17)19-11(2)15(21)20(3)8-4-7-18/h5-6,9-11,19H,4,8H2,1-3H3. The van der Waals surface area contributed by atoms with Gasteiger partial charge in [-0.1, -0.05) is 6.07 Å². The van der Waals surface area contributed by atoms with E-state index in [1.807, 2.05) is 6.07 Å². The molecule has 0 bridgehead atoms. The van der Waals surface area contributed by atoms with Gasteiger partial charge in [0.2, 0.25) is 5.91 Å². The Morgan fingerprint density at radius 3 is 2.67 bits per heavy atom. The predicted octanol–water partition coefficient (Wildman–Crippen LogP) is 2.38. The molecule has 2 atom stereocenters. The molecule has 1 aromatic carbocycles. The second-order valence-electron chi connectivity index (χ2n) is 4.94. The van der Waals surface area contributed by atoms with Crippen LogP contribution in [0.15, 0.2) is 18.2 Å². The second kappa shape index (κ2) is 7.70. The minimum atomic E-state index is -0.646. The summed E-state index contributed by atoms with van der Waals surface area (Å²) in [5.41, 5.74) is 0.302. The highest BCUT2D eigenvalue weighted by atomic mass is 19.1. The maximum atomic E-state index is 13.7. The first kappa shape index (κ1) is 17.1. The Labute approximate surface area is 123 Å². The summed E-state index contributed by atoms with van der Waals surface area (Å²) in [5, 5.41) is 11.5. The molecule has 0 fully saturated rings. The minimum absolute atomic E-state index is 0.181. The van der Waals surface area contributed by atoms with E-state index >= 15 is 0 Å². The van der Waals surface area contributed by atoms with Crippen LogP contribution in [0, 0.1) is 23.0 Å². The molecule has 0 aliphatic rings. The minimum Gasteiger partial charge on any atom is -0.343 e. The first-order chi connectivity index (χ1) is 9.86. The van der Waals surface area contributed by atoms with Gasteiger partial charge in [0.25, 0.3) is 0 Å². The van der Waals surface area contributed by atoms with E-state index in [4.69, 9.17) is 5.26 Å². The number of benzene rings is 1. The number of hydrogen-bond donors (Lipinski definition) is 1. The van der Waals surface area contributed by atoms with Gasteiger partial charge in [-0.25, -0.2) is 8.78 Å². The molecule has 1 rings (SSSR count). The smallest absolute Gasteiger partial charge is 0.239 e. The summed E-state index contributed by atoms with van der Waals surface area (Å²) >= 11 is 0. The molecule has 21 heavy (non-hydrogen) atoms. The lowest BCUT2D eigenvalue weighted by atomic mass is 10.1. The van der Waals surface area contributed by atoms with Crippen LogP contribution in [0.25, 0.3) is 0 Å². The summed E-state index contributed by atoms with van der Waals surface area (Å²) in [6, 6.07) is 4.36. The summed E-state index contributed by atoms with van der Waals surface area (Å²) < 4.78 is 26.5. The molecule has 0 heterocycles. The highest BCUT2D eigenvalue weighted by Gasteiger charge is 2.21. The van der Waals surface area contributed by atoms with E-state index in [9.17, 15) is 13.6 Å². The number of carbonyl (C=O) groups excluding carboxylic acids is 1. The summed E-state index contributed by atoms with van der Waals surface area (Å²) in [6.07, 6.45) is 0.261. The van der Waals surface area contributed by atoms with Crippen molar-refractivity contribution in [2.24, 2.45) is 0 Å². The Hall–Kier alpha value is -2.00. The fraction of sp³-hybridized carbons (Fsp3) is 0.467. The fourth-order valence-electron chi connectivity index (χ4n) is 2.05. The third kappa shape index (κ3) is 4.80. The third-order valence-corrected chi connectivity index (χ3v) is 3.23. The van der Waals surface area contributed by atoms with Crippen LogP contribution >= 0.6 is 0 Å². The number of nitrogens with zero attached hydrogens (tertiary/aromatic N) is 2. The van der Waals surface area contributed by atoms with E-state index in [1.54, 1.807) is 20.9 Å². The van der Waals surface area contributed by atoms with E-state index < -0.39 is 23.7 Å². The zero-order valence-corrected chi connectivity index (χ0v) is 12.4. The Balaban J connectivity index is 2.67. The molecule has 114 valence electrons. The third-order valence-electron chi connectivity index (χ3n) is 3.23. The van der Waals surface area contributed by atoms with Gasteiger partial charge in [0.15, 0.2) is 0 Å². The molecule has 0 radical (unpaired) electrons. The molecule has 0 aliphatic carbocycles. The molecule has 6 heteroatoms. The first-order valence-electron chi connectivity index (χ1n) is 6.69. The van der Waals surface area contributed by atoms with Crippen LogP contribution in [0.5, 0.6) is 0 Å². The largest absolute Gasteiger partial charge is 0.343 e. The maximum Gasteiger partial charge on any atom is 0.239 e.